The molecule has 1 rings (SSSR count). The average molecular weight is 203 g/mol. The van der Waals surface area contributed by atoms with Crippen LogP contribution in [0.25, 0.3) is 0 Å². The van der Waals surface area contributed by atoms with Crippen LogP contribution in [0.15, 0.2) is 0 Å². The molecule has 0 saturated carbocycles. The number of rotatable bonds is 1. The number of ether oxygens (including phenoxy) is 1. The third-order valence-electron chi connectivity index (χ3n) is 1.79. The zero-order chi connectivity index (χ0) is 6.85. The van der Waals surface area contributed by atoms with E-state index in [0.717, 1.165) is 13.1 Å². The van der Waals surface area contributed by atoms with E-state index >= 15 is 0 Å². The molecule has 2 N–H and O–H groups in total. The molecule has 0 aromatic rings. The van der Waals surface area contributed by atoms with E-state index in [2.05, 4.69) is 11.9 Å². The zero-order valence-electron chi connectivity index (χ0n) is 6.82. The van der Waals surface area contributed by atoms with Gasteiger partial charge in [-0.15, -0.1) is 24.8 Å². The molecule has 70 valence electrons. The number of likely N-dealkylation sites (N-methyl/N-ethyl adjacent to an activating group) is 1. The average Bonchev–Trinajstić information content (AvgIpc) is 2.10. The molecule has 0 aliphatic carbocycles. The van der Waals surface area contributed by atoms with E-state index in [0.29, 0.717) is 0 Å². The van der Waals surface area contributed by atoms with E-state index in [9.17, 15) is 0 Å². The second-order valence-corrected chi connectivity index (χ2v) is 2.66. The fourth-order valence-corrected chi connectivity index (χ4v) is 1.24. The first kappa shape index (κ1) is 14.0. The first-order valence-corrected chi connectivity index (χ1v) is 3.21. The predicted octanol–water partition coefficient (Wildman–Crippen LogP) is 0.118. The van der Waals surface area contributed by atoms with E-state index < -0.39 is 0 Å². The summed E-state index contributed by atoms with van der Waals surface area (Å²) >= 11 is 0. The van der Waals surface area contributed by atoms with Gasteiger partial charge in [-0.3, -0.25) is 0 Å². The molecular formula is C6H16Cl2N2O. The van der Waals surface area contributed by atoms with Crippen LogP contribution in [0.5, 0.6) is 0 Å². The van der Waals surface area contributed by atoms with Gasteiger partial charge in [-0.1, -0.05) is 0 Å². The van der Waals surface area contributed by atoms with Crippen LogP contribution in [-0.2, 0) is 4.74 Å². The molecule has 0 spiro atoms. The molecule has 0 bridgehead atoms. The Hall–Kier alpha value is 0.460. The van der Waals surface area contributed by atoms with Gasteiger partial charge in [0.05, 0.1) is 6.10 Å². The summed E-state index contributed by atoms with van der Waals surface area (Å²) in [6.45, 7) is 1.93. The van der Waals surface area contributed by atoms with Crippen LogP contribution >= 0.6 is 24.8 Å². The maximum atomic E-state index is 5.71. The Morgan fingerprint density at radius 3 is 2.09 bits per heavy atom. The molecule has 5 heteroatoms. The molecule has 2 atom stereocenters. The van der Waals surface area contributed by atoms with Gasteiger partial charge in [0.15, 0.2) is 0 Å². The number of likely N-dealkylation sites (tertiary alicyclic amines) is 1. The van der Waals surface area contributed by atoms with E-state index in [1.54, 1.807) is 7.11 Å². The summed E-state index contributed by atoms with van der Waals surface area (Å²) in [7, 11) is 3.77. The second kappa shape index (κ2) is 6.03. The van der Waals surface area contributed by atoms with Crippen molar-refractivity contribution in [2.24, 2.45) is 5.73 Å². The van der Waals surface area contributed by atoms with Crippen LogP contribution in [0.3, 0.4) is 0 Å². The molecule has 0 unspecified atom stereocenters. The van der Waals surface area contributed by atoms with Gasteiger partial charge in [0, 0.05) is 26.2 Å². The van der Waals surface area contributed by atoms with Crippen LogP contribution in [0, 0.1) is 0 Å². The molecule has 0 aromatic carbocycles. The third-order valence-corrected chi connectivity index (χ3v) is 1.79. The number of methoxy groups -OCH3 is 1. The molecule has 11 heavy (non-hydrogen) atoms. The number of nitrogens with two attached hydrogens (primary N) is 1. The van der Waals surface area contributed by atoms with Crippen molar-refractivity contribution in [2.45, 2.75) is 12.1 Å². The Morgan fingerprint density at radius 2 is 1.91 bits per heavy atom. The van der Waals surface area contributed by atoms with E-state index in [1.807, 2.05) is 0 Å². The second-order valence-electron chi connectivity index (χ2n) is 2.66. The maximum absolute atomic E-state index is 5.71. The highest BCUT2D eigenvalue weighted by atomic mass is 35.5. The molecule has 1 aliphatic rings. The quantitative estimate of drug-likeness (QED) is 0.657. The van der Waals surface area contributed by atoms with E-state index in [4.69, 9.17) is 10.5 Å². The SMILES string of the molecule is CO[C@@H]1CN(C)C[C@@H]1N.Cl.Cl. The lowest BCUT2D eigenvalue weighted by Gasteiger charge is -2.10. The zero-order valence-corrected chi connectivity index (χ0v) is 8.45. The van der Waals surface area contributed by atoms with Crippen molar-refractivity contribution in [3.05, 3.63) is 0 Å². The highest BCUT2D eigenvalue weighted by molar-refractivity contribution is 5.85. The summed E-state index contributed by atoms with van der Waals surface area (Å²) < 4.78 is 5.13. The number of hydrogen-bond acceptors (Lipinski definition) is 3. The predicted molar refractivity (Wildman–Crippen MR) is 50.8 cm³/mol. The monoisotopic (exact) mass is 202 g/mol. The van der Waals surface area contributed by atoms with Crippen molar-refractivity contribution in [1.82, 2.24) is 4.90 Å². The van der Waals surface area contributed by atoms with E-state index in [-0.39, 0.29) is 37.0 Å². The molecule has 1 heterocycles. The Labute approximate surface area is 80.1 Å². The molecule has 0 radical (unpaired) electrons. The van der Waals surface area contributed by atoms with Crippen molar-refractivity contribution in [1.29, 1.82) is 0 Å². The number of nitrogens with zero attached hydrogens (tertiary/aromatic N) is 1. The molecule has 1 saturated heterocycles. The Kier molecular flexibility index (Phi) is 7.68. The van der Waals surface area contributed by atoms with Gasteiger partial charge >= 0.3 is 0 Å². The van der Waals surface area contributed by atoms with Gasteiger partial charge in [0.1, 0.15) is 0 Å². The lowest BCUT2D eigenvalue weighted by molar-refractivity contribution is 0.100. The van der Waals surface area contributed by atoms with Crippen LogP contribution < -0.4 is 5.73 Å². The number of hydrogen-bond donors (Lipinski definition) is 1. The molecule has 0 amide bonds. The minimum Gasteiger partial charge on any atom is -0.378 e. The lowest BCUT2D eigenvalue weighted by Crippen LogP contribution is -2.34. The van der Waals surface area contributed by atoms with Crippen molar-refractivity contribution < 1.29 is 4.74 Å². The normalized spacial score (nSPS) is 30.8. The Balaban J connectivity index is 0. The van der Waals surface area contributed by atoms with Gasteiger partial charge in [-0.2, -0.15) is 0 Å². The largest absolute Gasteiger partial charge is 0.378 e. The molecular weight excluding hydrogens is 187 g/mol. The summed E-state index contributed by atoms with van der Waals surface area (Å²) in [5.41, 5.74) is 5.71. The Bertz CT molecular complexity index is 105. The fraction of sp³-hybridized carbons (Fsp3) is 1.00. The van der Waals surface area contributed by atoms with Crippen LogP contribution in [-0.4, -0.2) is 44.3 Å². The maximum Gasteiger partial charge on any atom is 0.0861 e. The highest BCUT2D eigenvalue weighted by Gasteiger charge is 2.26. The standard InChI is InChI=1S/C6H14N2O.2ClH/c1-8-3-5(7)6(4-8)9-2;;/h5-6H,3-4,7H2,1-2H3;2*1H/t5-,6+;;/m0../s1. The summed E-state index contributed by atoms with van der Waals surface area (Å²) in [5, 5.41) is 0. The van der Waals surface area contributed by atoms with Gasteiger partial charge in [0.2, 0.25) is 0 Å². The smallest absolute Gasteiger partial charge is 0.0861 e. The van der Waals surface area contributed by atoms with E-state index in [1.165, 1.54) is 0 Å². The fourth-order valence-electron chi connectivity index (χ4n) is 1.24. The van der Waals surface area contributed by atoms with Crippen LogP contribution in [0.1, 0.15) is 0 Å². The Morgan fingerprint density at radius 1 is 1.36 bits per heavy atom. The van der Waals surface area contributed by atoms with Crippen molar-refractivity contribution >= 4 is 24.8 Å². The summed E-state index contributed by atoms with van der Waals surface area (Å²) in [6, 6.07) is 0.208. The summed E-state index contributed by atoms with van der Waals surface area (Å²) in [5.74, 6) is 0. The minimum absolute atomic E-state index is 0. The summed E-state index contributed by atoms with van der Waals surface area (Å²) in [4.78, 5) is 2.18. The van der Waals surface area contributed by atoms with Crippen molar-refractivity contribution in [2.75, 3.05) is 27.2 Å². The van der Waals surface area contributed by atoms with Gasteiger partial charge in [-0.25, -0.2) is 0 Å². The first-order valence-electron chi connectivity index (χ1n) is 3.21. The van der Waals surface area contributed by atoms with Gasteiger partial charge in [0.25, 0.3) is 0 Å². The molecule has 1 aliphatic heterocycles. The van der Waals surface area contributed by atoms with Crippen molar-refractivity contribution in [3.8, 4) is 0 Å². The van der Waals surface area contributed by atoms with Gasteiger partial charge < -0.3 is 15.4 Å². The minimum atomic E-state index is 0. The van der Waals surface area contributed by atoms with Crippen molar-refractivity contribution in [3.63, 3.8) is 0 Å². The van der Waals surface area contributed by atoms with Crippen LogP contribution in [0.4, 0.5) is 0 Å². The highest BCUT2D eigenvalue weighted by Crippen LogP contribution is 2.07. The lowest BCUT2D eigenvalue weighted by atomic mass is 10.2. The summed E-state index contributed by atoms with van der Waals surface area (Å²) in [6.07, 6.45) is 0.245. The van der Waals surface area contributed by atoms with Crippen LogP contribution in [0.2, 0.25) is 0 Å². The molecule has 0 aromatic heterocycles. The molecule has 3 nitrogen and oxygen atoms in total. The van der Waals surface area contributed by atoms with Gasteiger partial charge in [-0.05, 0) is 7.05 Å². The first-order chi connectivity index (χ1) is 4.24. The third kappa shape index (κ3) is 3.58. The topological polar surface area (TPSA) is 38.5 Å². The molecule has 1 fully saturated rings. The number of halogens is 2.